The van der Waals surface area contributed by atoms with Gasteiger partial charge in [0, 0.05) is 23.6 Å². The van der Waals surface area contributed by atoms with Crippen molar-refractivity contribution in [3.05, 3.63) is 101 Å². The van der Waals surface area contributed by atoms with Gasteiger partial charge in [0.15, 0.2) is 0 Å². The molecule has 0 bridgehead atoms. The summed E-state index contributed by atoms with van der Waals surface area (Å²) in [5.41, 5.74) is 5.46. The van der Waals surface area contributed by atoms with Crippen LogP contribution in [0.5, 0.6) is 5.75 Å². The van der Waals surface area contributed by atoms with Crippen molar-refractivity contribution in [2.24, 2.45) is 5.10 Å². The molecule has 39 heavy (non-hydrogen) atoms. The van der Waals surface area contributed by atoms with Gasteiger partial charge in [-0.25, -0.2) is 5.01 Å². The summed E-state index contributed by atoms with van der Waals surface area (Å²) in [6, 6.07) is 26.2. The van der Waals surface area contributed by atoms with Crippen LogP contribution in [0, 0.1) is 11.3 Å². The molecule has 2 unspecified atom stereocenters. The lowest BCUT2D eigenvalue weighted by Crippen LogP contribution is -2.45. The Morgan fingerprint density at radius 1 is 1.05 bits per heavy atom. The third-order valence-electron chi connectivity index (χ3n) is 8.43. The van der Waals surface area contributed by atoms with Gasteiger partial charge in [-0.3, -0.25) is 4.79 Å². The predicted molar refractivity (Wildman–Crippen MR) is 152 cm³/mol. The van der Waals surface area contributed by atoms with E-state index in [1.54, 1.807) is 24.3 Å². The topological polar surface area (TPSA) is 68.9 Å². The summed E-state index contributed by atoms with van der Waals surface area (Å²) in [5, 5.41) is 15.9. The van der Waals surface area contributed by atoms with Crippen LogP contribution in [0.25, 0.3) is 0 Å². The maximum absolute atomic E-state index is 13.5. The second kappa shape index (κ2) is 11.0. The van der Waals surface area contributed by atoms with Gasteiger partial charge in [0.05, 0.1) is 23.4 Å². The lowest BCUT2D eigenvalue weighted by atomic mass is 9.95. The van der Waals surface area contributed by atoms with E-state index in [9.17, 15) is 4.79 Å². The first-order chi connectivity index (χ1) is 19.1. The van der Waals surface area contributed by atoms with Gasteiger partial charge in [-0.05, 0) is 80.7 Å². The number of ether oxygens (including phenoxy) is 1. The minimum absolute atomic E-state index is 0.0666. The molecule has 2 heterocycles. The molecule has 3 aromatic rings. The van der Waals surface area contributed by atoms with Crippen LogP contribution in [-0.2, 0) is 6.42 Å². The largest absolute Gasteiger partial charge is 0.461 e. The van der Waals surface area contributed by atoms with Crippen molar-refractivity contribution < 1.29 is 9.53 Å². The first-order valence-electron chi connectivity index (χ1n) is 14.1. The average molecular weight is 519 g/mol. The van der Waals surface area contributed by atoms with Crippen molar-refractivity contribution in [2.45, 2.75) is 63.3 Å². The summed E-state index contributed by atoms with van der Waals surface area (Å²) in [4.78, 5) is 16.1. The number of benzene rings is 3. The van der Waals surface area contributed by atoms with E-state index in [2.05, 4.69) is 48.3 Å². The van der Waals surface area contributed by atoms with Gasteiger partial charge >= 0.3 is 0 Å². The first-order valence-corrected chi connectivity index (χ1v) is 14.1. The van der Waals surface area contributed by atoms with E-state index in [1.165, 1.54) is 31.2 Å². The molecule has 0 aromatic heterocycles. The molecular formula is C33H34N4O2. The number of fused-ring (bicyclic) bond motifs is 3. The summed E-state index contributed by atoms with van der Waals surface area (Å²) >= 11 is 0. The molecule has 2 aliphatic heterocycles. The highest BCUT2D eigenvalue weighted by molar-refractivity contribution is 6.03. The molecular weight excluding hydrogens is 484 g/mol. The smallest absolute Gasteiger partial charge is 0.251 e. The number of para-hydroxylation sites is 1. The summed E-state index contributed by atoms with van der Waals surface area (Å²) in [5.74, 6) is 0.557. The van der Waals surface area contributed by atoms with Gasteiger partial charge in [-0.15, -0.1) is 0 Å². The van der Waals surface area contributed by atoms with E-state index in [4.69, 9.17) is 15.1 Å². The number of hydrogen-bond acceptors (Lipinski definition) is 6. The zero-order valence-electron chi connectivity index (χ0n) is 22.4. The lowest BCUT2D eigenvalue weighted by Gasteiger charge is -2.37. The van der Waals surface area contributed by atoms with Crippen LogP contribution >= 0.6 is 0 Å². The summed E-state index contributed by atoms with van der Waals surface area (Å²) in [6.45, 7) is 1.14. The highest BCUT2D eigenvalue weighted by Crippen LogP contribution is 2.43. The van der Waals surface area contributed by atoms with Gasteiger partial charge in [0.25, 0.3) is 6.23 Å². The second-order valence-electron chi connectivity index (χ2n) is 10.9. The second-order valence-corrected chi connectivity index (χ2v) is 10.9. The number of rotatable bonds is 8. The third-order valence-corrected chi connectivity index (χ3v) is 8.43. The monoisotopic (exact) mass is 518 g/mol. The van der Waals surface area contributed by atoms with Crippen LogP contribution in [0.15, 0.2) is 77.9 Å². The average Bonchev–Trinajstić information content (AvgIpc) is 3.68. The number of carbonyl (C=O) groups excluding carboxylic acids is 1. The Kier molecular flexibility index (Phi) is 7.17. The number of hydrogen-bond donors (Lipinski definition) is 0. The number of carbonyl (C=O) groups is 1. The van der Waals surface area contributed by atoms with E-state index in [1.807, 2.05) is 23.2 Å². The molecule has 2 atom stereocenters. The number of Topliss-reactive ketones (excluding diaryl/α,β-unsaturated/α-hetero) is 1. The molecule has 6 rings (SSSR count). The lowest BCUT2D eigenvalue weighted by molar-refractivity contribution is -0.00455. The zero-order valence-corrected chi connectivity index (χ0v) is 22.4. The Hall–Kier alpha value is -3.95. The van der Waals surface area contributed by atoms with Crippen molar-refractivity contribution >= 4 is 11.5 Å². The normalized spacial score (nSPS) is 20.2. The zero-order chi connectivity index (χ0) is 26.8. The fourth-order valence-corrected chi connectivity index (χ4v) is 6.16. The fourth-order valence-electron chi connectivity index (χ4n) is 6.16. The van der Waals surface area contributed by atoms with Crippen LogP contribution in [0.2, 0.25) is 0 Å². The van der Waals surface area contributed by atoms with Gasteiger partial charge in [-0.2, -0.15) is 10.4 Å². The highest BCUT2D eigenvalue weighted by Gasteiger charge is 2.43. The Balaban J connectivity index is 1.18. The van der Waals surface area contributed by atoms with Gasteiger partial charge < -0.3 is 9.64 Å². The maximum Gasteiger partial charge on any atom is 0.251 e. The van der Waals surface area contributed by atoms with Gasteiger partial charge in [0.2, 0.25) is 5.78 Å². The molecule has 0 N–H and O–H groups in total. The standard InChI is InChI=1S/C33H34N4O2/c1-36(27-8-2-3-9-27)20-6-7-23-12-16-25(17-13-23)29-21-30-28-10-4-5-11-31(28)39-33(37(30)35-29)32(38)26-18-14-24(22-34)15-19-26/h4-5,10-19,27,30,33H,2-3,6-9,20-21H2,1H3. The molecule has 6 heteroatoms. The molecule has 3 aromatic carbocycles. The van der Waals surface area contributed by atoms with E-state index < -0.39 is 6.23 Å². The molecule has 0 amide bonds. The number of hydrazone groups is 1. The molecule has 198 valence electrons. The van der Waals surface area contributed by atoms with E-state index in [0.29, 0.717) is 17.5 Å². The van der Waals surface area contributed by atoms with Gasteiger partial charge in [-0.1, -0.05) is 55.3 Å². The summed E-state index contributed by atoms with van der Waals surface area (Å²) in [7, 11) is 2.27. The number of ketones is 1. The van der Waals surface area contributed by atoms with Gasteiger partial charge in [0.1, 0.15) is 5.75 Å². The molecule has 0 spiro atoms. The number of nitrogens with zero attached hydrogens (tertiary/aromatic N) is 4. The molecule has 1 saturated carbocycles. The van der Waals surface area contributed by atoms with E-state index in [0.717, 1.165) is 48.0 Å². The molecule has 0 radical (unpaired) electrons. The minimum atomic E-state index is -0.855. The first kappa shape index (κ1) is 25.3. The fraction of sp³-hybridized carbons (Fsp3) is 0.364. The van der Waals surface area contributed by atoms with Crippen LogP contribution in [0.3, 0.4) is 0 Å². The Bertz CT molecular complexity index is 1400. The maximum atomic E-state index is 13.5. The Labute approximate surface area is 230 Å². The number of nitriles is 1. The summed E-state index contributed by atoms with van der Waals surface area (Å²) in [6.07, 6.45) is 7.54. The predicted octanol–water partition coefficient (Wildman–Crippen LogP) is 6.12. The molecule has 6 nitrogen and oxygen atoms in total. The minimum Gasteiger partial charge on any atom is -0.461 e. The SMILES string of the molecule is CN(CCCc1ccc(C2=NN3C(C(=O)c4ccc(C#N)cc4)Oc4ccccc4C3C2)cc1)C1CCCC1. The highest BCUT2D eigenvalue weighted by atomic mass is 16.5. The van der Waals surface area contributed by atoms with Crippen LogP contribution in [0.4, 0.5) is 0 Å². The molecule has 1 aliphatic carbocycles. The van der Waals surface area contributed by atoms with E-state index in [-0.39, 0.29) is 11.8 Å². The van der Waals surface area contributed by atoms with Crippen molar-refractivity contribution in [1.82, 2.24) is 9.91 Å². The third kappa shape index (κ3) is 5.20. The molecule has 3 aliphatic rings. The Morgan fingerprint density at radius 2 is 1.79 bits per heavy atom. The quantitative estimate of drug-likeness (QED) is 0.336. The van der Waals surface area contributed by atoms with Crippen molar-refractivity contribution in [2.75, 3.05) is 13.6 Å². The van der Waals surface area contributed by atoms with Crippen LogP contribution in [0.1, 0.15) is 77.2 Å². The molecule has 0 saturated heterocycles. The number of aryl methyl sites for hydroxylation is 1. The Morgan fingerprint density at radius 3 is 2.54 bits per heavy atom. The van der Waals surface area contributed by atoms with Crippen LogP contribution in [-0.4, -0.2) is 47.3 Å². The summed E-state index contributed by atoms with van der Waals surface area (Å²) < 4.78 is 6.22. The van der Waals surface area contributed by atoms with E-state index >= 15 is 0 Å². The van der Waals surface area contributed by atoms with Crippen molar-refractivity contribution in [3.8, 4) is 11.8 Å². The van der Waals surface area contributed by atoms with Crippen molar-refractivity contribution in [3.63, 3.8) is 0 Å². The van der Waals surface area contributed by atoms with Crippen LogP contribution < -0.4 is 4.74 Å². The molecule has 1 fully saturated rings. The van der Waals surface area contributed by atoms with Crippen molar-refractivity contribution in [1.29, 1.82) is 5.26 Å².